The van der Waals surface area contributed by atoms with Crippen LogP contribution in [0.2, 0.25) is 0 Å². The van der Waals surface area contributed by atoms with E-state index in [0.717, 1.165) is 24.3 Å². The lowest BCUT2D eigenvalue weighted by molar-refractivity contribution is -0.138. The van der Waals surface area contributed by atoms with Gasteiger partial charge < -0.3 is 19.5 Å². The summed E-state index contributed by atoms with van der Waals surface area (Å²) in [6.45, 7) is 0. The van der Waals surface area contributed by atoms with Crippen LogP contribution in [0.3, 0.4) is 0 Å². The van der Waals surface area contributed by atoms with Gasteiger partial charge in [0.25, 0.3) is 0 Å². The van der Waals surface area contributed by atoms with E-state index in [1.165, 1.54) is 12.1 Å². The number of aromatic carboxylic acids is 1. The number of ether oxygens (including phenoxy) is 1. The number of carboxylic acid groups (broad SMARTS) is 2. The molecule has 0 saturated carbocycles. The summed E-state index contributed by atoms with van der Waals surface area (Å²) in [4.78, 5) is 23.6. The molecule has 9 heteroatoms. The maximum Gasteiger partial charge on any atom is 0.416 e. The molecule has 0 bridgehead atoms. The monoisotopic (exact) mass is 455 g/mol. The van der Waals surface area contributed by atoms with Gasteiger partial charge in [-0.2, -0.15) is 13.2 Å². The van der Waals surface area contributed by atoms with E-state index in [0.29, 0.717) is 11.2 Å². The molecule has 6 nitrogen and oxygen atoms in total. The molecule has 2 N–H and O–H groups in total. The van der Waals surface area contributed by atoms with E-state index in [2.05, 4.69) is 0 Å². The second-order valence-electron chi connectivity index (χ2n) is 7.17. The molecular weight excluding hydrogens is 439 g/mol. The molecule has 4 rings (SSSR count). The Balaban J connectivity index is 1.84. The van der Waals surface area contributed by atoms with Crippen LogP contribution in [0.1, 0.15) is 21.6 Å². The highest BCUT2D eigenvalue weighted by molar-refractivity contribution is 6.07. The fourth-order valence-corrected chi connectivity index (χ4v) is 3.66. The van der Waals surface area contributed by atoms with E-state index in [1.807, 2.05) is 0 Å². The second-order valence-corrected chi connectivity index (χ2v) is 7.17. The lowest BCUT2D eigenvalue weighted by Gasteiger charge is -2.11. The van der Waals surface area contributed by atoms with Gasteiger partial charge >= 0.3 is 18.1 Å². The molecule has 0 saturated heterocycles. The molecule has 168 valence electrons. The summed E-state index contributed by atoms with van der Waals surface area (Å²) in [5, 5.41) is 19.5. The minimum absolute atomic E-state index is 0.0860. The lowest BCUT2D eigenvalue weighted by atomic mass is 10.1. The molecule has 1 aromatic heterocycles. The predicted octanol–water partition coefficient (Wildman–Crippen LogP) is 5.77. The van der Waals surface area contributed by atoms with Gasteiger partial charge in [0.05, 0.1) is 23.1 Å². The van der Waals surface area contributed by atoms with Crippen molar-refractivity contribution in [2.45, 2.75) is 12.6 Å². The number of aliphatic carboxylic acids is 1. The van der Waals surface area contributed by atoms with Crippen LogP contribution in [0.5, 0.6) is 11.5 Å². The van der Waals surface area contributed by atoms with Gasteiger partial charge in [0.15, 0.2) is 0 Å². The number of carbonyl (C=O) groups is 2. The van der Waals surface area contributed by atoms with Gasteiger partial charge in [-0.1, -0.05) is 18.2 Å². The van der Waals surface area contributed by atoms with Crippen LogP contribution in [0.15, 0.2) is 72.8 Å². The Labute approximate surface area is 185 Å². The van der Waals surface area contributed by atoms with Gasteiger partial charge in [-0.05, 0) is 54.6 Å². The van der Waals surface area contributed by atoms with Crippen LogP contribution in [-0.4, -0.2) is 26.7 Å². The summed E-state index contributed by atoms with van der Waals surface area (Å²) in [5.41, 5.74) is 0.117. The van der Waals surface area contributed by atoms with Crippen molar-refractivity contribution in [3.05, 3.63) is 89.6 Å². The number of hydrogen-bond acceptors (Lipinski definition) is 3. The summed E-state index contributed by atoms with van der Waals surface area (Å²) in [5.74, 6) is -2.18. The zero-order chi connectivity index (χ0) is 23.8. The molecule has 4 aromatic rings. The Hall–Kier alpha value is -4.27. The van der Waals surface area contributed by atoms with Crippen LogP contribution >= 0.6 is 0 Å². The lowest BCUT2D eigenvalue weighted by Crippen LogP contribution is -2.11. The third-order valence-electron chi connectivity index (χ3n) is 5.00. The molecule has 0 fully saturated rings. The Morgan fingerprint density at radius 1 is 0.879 bits per heavy atom. The summed E-state index contributed by atoms with van der Waals surface area (Å²) >= 11 is 0. The largest absolute Gasteiger partial charge is 0.481 e. The minimum Gasteiger partial charge on any atom is -0.481 e. The molecule has 3 aromatic carbocycles. The summed E-state index contributed by atoms with van der Waals surface area (Å²) in [6, 6.07) is 17.4. The predicted molar refractivity (Wildman–Crippen MR) is 113 cm³/mol. The molecule has 0 radical (unpaired) electrons. The van der Waals surface area contributed by atoms with Crippen molar-refractivity contribution < 1.29 is 37.7 Å². The average molecular weight is 455 g/mol. The summed E-state index contributed by atoms with van der Waals surface area (Å²) in [7, 11) is 0. The quantitative estimate of drug-likeness (QED) is 0.386. The highest BCUT2D eigenvalue weighted by Crippen LogP contribution is 2.35. The van der Waals surface area contributed by atoms with Gasteiger partial charge in [0.1, 0.15) is 11.5 Å². The van der Waals surface area contributed by atoms with E-state index < -0.39 is 30.1 Å². The van der Waals surface area contributed by atoms with Crippen LogP contribution in [0, 0.1) is 0 Å². The third kappa shape index (κ3) is 4.38. The van der Waals surface area contributed by atoms with Crippen molar-refractivity contribution in [3.63, 3.8) is 0 Å². The highest BCUT2D eigenvalue weighted by atomic mass is 19.4. The van der Waals surface area contributed by atoms with Crippen LogP contribution in [0.4, 0.5) is 13.2 Å². The molecule has 0 amide bonds. The van der Waals surface area contributed by atoms with Crippen molar-refractivity contribution in [2.24, 2.45) is 0 Å². The third-order valence-corrected chi connectivity index (χ3v) is 5.00. The van der Waals surface area contributed by atoms with E-state index in [-0.39, 0.29) is 28.1 Å². The number of carboxylic acids is 2. The first-order valence-electron chi connectivity index (χ1n) is 9.68. The normalized spacial score (nSPS) is 11.5. The molecule has 0 aliphatic carbocycles. The number of nitrogens with zero attached hydrogens (tertiary/aromatic N) is 1. The summed E-state index contributed by atoms with van der Waals surface area (Å²) < 4.78 is 45.5. The average Bonchev–Trinajstić information content (AvgIpc) is 3.06. The summed E-state index contributed by atoms with van der Waals surface area (Å²) in [6.07, 6.45) is -5.00. The second kappa shape index (κ2) is 8.34. The number of rotatable bonds is 6. The number of benzene rings is 3. The molecule has 1 heterocycles. The molecule has 0 atom stereocenters. The number of aromatic nitrogens is 1. The smallest absolute Gasteiger partial charge is 0.416 e. The maximum absolute atomic E-state index is 12.8. The standard InChI is InChI=1S/C24H16F3NO5/c25-24(26,27)14-6-8-16(9-7-14)33-17-10-11-19-18(12-17)22(23(31)32)20(13-21(29)30)28(19)15-4-2-1-3-5-15/h1-12H,13H2,(H,29,30)(H,31,32). The van der Waals surface area contributed by atoms with Crippen molar-refractivity contribution in [1.29, 1.82) is 0 Å². The van der Waals surface area contributed by atoms with Crippen molar-refractivity contribution >= 4 is 22.8 Å². The molecular formula is C24H16F3NO5. The fourth-order valence-electron chi connectivity index (χ4n) is 3.66. The van der Waals surface area contributed by atoms with E-state index >= 15 is 0 Å². The topological polar surface area (TPSA) is 88.8 Å². The number of fused-ring (bicyclic) bond motifs is 1. The fraction of sp³-hybridized carbons (Fsp3) is 0.0833. The zero-order valence-corrected chi connectivity index (χ0v) is 16.8. The zero-order valence-electron chi connectivity index (χ0n) is 16.8. The van der Waals surface area contributed by atoms with Gasteiger partial charge in [0.2, 0.25) is 0 Å². The number of hydrogen-bond donors (Lipinski definition) is 2. The number of alkyl halides is 3. The Kier molecular flexibility index (Phi) is 5.55. The van der Waals surface area contributed by atoms with E-state index in [4.69, 9.17) is 4.74 Å². The number of halogens is 3. The Morgan fingerprint density at radius 2 is 1.52 bits per heavy atom. The van der Waals surface area contributed by atoms with Crippen molar-refractivity contribution in [3.8, 4) is 17.2 Å². The van der Waals surface area contributed by atoms with E-state index in [9.17, 15) is 33.0 Å². The Bertz CT molecular complexity index is 1340. The Morgan fingerprint density at radius 3 is 2.09 bits per heavy atom. The number of para-hydroxylation sites is 1. The molecule has 0 spiro atoms. The molecule has 0 aliphatic rings. The van der Waals surface area contributed by atoms with Crippen molar-refractivity contribution in [2.75, 3.05) is 0 Å². The minimum atomic E-state index is -4.48. The molecule has 0 unspecified atom stereocenters. The van der Waals surface area contributed by atoms with Crippen LogP contribution < -0.4 is 4.74 Å². The van der Waals surface area contributed by atoms with Crippen molar-refractivity contribution in [1.82, 2.24) is 4.57 Å². The van der Waals surface area contributed by atoms with E-state index in [1.54, 1.807) is 41.0 Å². The van der Waals surface area contributed by atoms with Crippen LogP contribution in [0.25, 0.3) is 16.6 Å². The first-order valence-corrected chi connectivity index (χ1v) is 9.68. The highest BCUT2D eigenvalue weighted by Gasteiger charge is 2.30. The first-order chi connectivity index (χ1) is 15.6. The van der Waals surface area contributed by atoms with Gasteiger partial charge in [0, 0.05) is 16.8 Å². The van der Waals surface area contributed by atoms with Gasteiger partial charge in [-0.15, -0.1) is 0 Å². The molecule has 0 aliphatic heterocycles. The maximum atomic E-state index is 12.8. The SMILES string of the molecule is O=C(O)Cc1c(C(=O)O)c2cc(Oc3ccc(C(F)(F)F)cc3)ccc2n1-c1ccccc1. The molecule has 33 heavy (non-hydrogen) atoms. The van der Waals surface area contributed by atoms with Gasteiger partial charge in [-0.3, -0.25) is 4.79 Å². The van der Waals surface area contributed by atoms with Crippen LogP contribution in [-0.2, 0) is 17.4 Å². The van der Waals surface area contributed by atoms with Gasteiger partial charge in [-0.25, -0.2) is 4.79 Å². The first kappa shape index (κ1) is 21.9.